The van der Waals surface area contributed by atoms with Crippen molar-refractivity contribution in [3.05, 3.63) is 39.8 Å². The number of hydrogen-bond donors (Lipinski definition) is 2. The molecule has 2 aromatic rings. The fraction of sp³-hybridized carbons (Fsp3) is 0.500. The van der Waals surface area contributed by atoms with Gasteiger partial charge in [-0.3, -0.25) is 9.59 Å². The molecule has 0 unspecified atom stereocenters. The normalized spacial score (nSPS) is 14.7. The summed E-state index contributed by atoms with van der Waals surface area (Å²) in [5, 5.41) is 3.03. The SMILES string of the molecule is CCCOc1ccc(NC(=O)C2CCCCC2)cc1-c1nc(C)c(C)c(=O)[nH]1. The maximum Gasteiger partial charge on any atom is 0.254 e. The molecule has 3 rings (SSSR count). The van der Waals surface area contributed by atoms with E-state index >= 15 is 0 Å². The van der Waals surface area contributed by atoms with Crippen LogP contribution in [0.1, 0.15) is 56.7 Å². The number of anilines is 1. The number of carbonyl (C=O) groups is 1. The number of ether oxygens (including phenoxy) is 1. The van der Waals surface area contributed by atoms with Gasteiger partial charge in [0.15, 0.2) is 0 Å². The van der Waals surface area contributed by atoms with Crippen LogP contribution in [0.2, 0.25) is 0 Å². The molecule has 1 aliphatic carbocycles. The Hall–Kier alpha value is -2.63. The van der Waals surface area contributed by atoms with Crippen LogP contribution >= 0.6 is 0 Å². The van der Waals surface area contributed by atoms with Crippen LogP contribution < -0.4 is 15.6 Å². The summed E-state index contributed by atoms with van der Waals surface area (Å²) in [5.74, 6) is 1.24. The van der Waals surface area contributed by atoms with Crippen LogP contribution in [-0.2, 0) is 4.79 Å². The number of benzene rings is 1. The van der Waals surface area contributed by atoms with Crippen LogP contribution in [0.5, 0.6) is 5.75 Å². The number of aromatic amines is 1. The van der Waals surface area contributed by atoms with Gasteiger partial charge < -0.3 is 15.0 Å². The highest BCUT2D eigenvalue weighted by Crippen LogP contribution is 2.32. The summed E-state index contributed by atoms with van der Waals surface area (Å²) in [5.41, 5.74) is 2.48. The third-order valence-electron chi connectivity index (χ3n) is 5.33. The second-order valence-electron chi connectivity index (χ2n) is 7.51. The molecule has 0 aliphatic heterocycles. The van der Waals surface area contributed by atoms with Gasteiger partial charge in [-0.1, -0.05) is 26.2 Å². The lowest BCUT2D eigenvalue weighted by Crippen LogP contribution is -2.24. The number of nitrogens with zero attached hydrogens (tertiary/aromatic N) is 1. The van der Waals surface area contributed by atoms with Gasteiger partial charge in [0, 0.05) is 22.9 Å². The van der Waals surface area contributed by atoms with Crippen molar-refractivity contribution >= 4 is 11.6 Å². The first-order valence-corrected chi connectivity index (χ1v) is 10.1. The number of aryl methyl sites for hydroxylation is 1. The first-order valence-electron chi connectivity index (χ1n) is 10.1. The molecule has 0 spiro atoms. The van der Waals surface area contributed by atoms with Gasteiger partial charge in [0.1, 0.15) is 11.6 Å². The van der Waals surface area contributed by atoms with Gasteiger partial charge in [0.05, 0.1) is 12.2 Å². The minimum Gasteiger partial charge on any atom is -0.493 e. The van der Waals surface area contributed by atoms with Gasteiger partial charge in [0.25, 0.3) is 5.56 Å². The average molecular weight is 383 g/mol. The van der Waals surface area contributed by atoms with Crippen LogP contribution in [0.25, 0.3) is 11.4 Å². The standard InChI is InChI=1S/C22H29N3O3/c1-4-12-28-19-11-10-17(24-22(27)16-8-6-5-7-9-16)13-18(19)20-23-15(3)14(2)21(26)25-20/h10-11,13,16H,4-9,12H2,1-3H3,(H,24,27)(H,23,25,26). The number of H-pyrrole nitrogens is 1. The Morgan fingerprint density at radius 1 is 1.25 bits per heavy atom. The van der Waals surface area contributed by atoms with Crippen molar-refractivity contribution in [3.63, 3.8) is 0 Å². The van der Waals surface area contributed by atoms with Gasteiger partial charge >= 0.3 is 0 Å². The summed E-state index contributed by atoms with van der Waals surface area (Å²) in [4.78, 5) is 32.2. The fourth-order valence-electron chi connectivity index (χ4n) is 3.51. The lowest BCUT2D eigenvalue weighted by molar-refractivity contribution is -0.120. The molecule has 1 aromatic heterocycles. The average Bonchev–Trinajstić information content (AvgIpc) is 2.71. The van der Waals surface area contributed by atoms with Gasteiger partial charge in [-0.05, 0) is 51.3 Å². The van der Waals surface area contributed by atoms with Crippen molar-refractivity contribution in [2.75, 3.05) is 11.9 Å². The van der Waals surface area contributed by atoms with Crippen LogP contribution in [0.4, 0.5) is 5.69 Å². The first-order chi connectivity index (χ1) is 13.5. The Morgan fingerprint density at radius 2 is 2.00 bits per heavy atom. The largest absolute Gasteiger partial charge is 0.493 e. The molecule has 6 nitrogen and oxygen atoms in total. The van der Waals surface area contributed by atoms with Crippen molar-refractivity contribution in [2.24, 2.45) is 5.92 Å². The summed E-state index contributed by atoms with van der Waals surface area (Å²) < 4.78 is 5.85. The summed E-state index contributed by atoms with van der Waals surface area (Å²) in [6.07, 6.45) is 6.20. The highest BCUT2D eigenvalue weighted by molar-refractivity contribution is 5.93. The zero-order valence-electron chi connectivity index (χ0n) is 16.9. The molecule has 6 heteroatoms. The molecule has 28 heavy (non-hydrogen) atoms. The number of amides is 1. The van der Waals surface area contributed by atoms with E-state index in [0.717, 1.165) is 32.1 Å². The van der Waals surface area contributed by atoms with Crippen LogP contribution in [0.15, 0.2) is 23.0 Å². The predicted molar refractivity (Wildman–Crippen MR) is 111 cm³/mol. The molecule has 0 atom stereocenters. The van der Waals surface area contributed by atoms with Crippen molar-refractivity contribution in [1.82, 2.24) is 9.97 Å². The van der Waals surface area contributed by atoms with E-state index in [1.165, 1.54) is 6.42 Å². The molecule has 0 radical (unpaired) electrons. The molecule has 1 heterocycles. The van der Waals surface area contributed by atoms with Gasteiger partial charge in [0.2, 0.25) is 5.91 Å². The third-order valence-corrected chi connectivity index (χ3v) is 5.33. The van der Waals surface area contributed by atoms with Gasteiger partial charge in [-0.15, -0.1) is 0 Å². The quantitative estimate of drug-likeness (QED) is 0.776. The van der Waals surface area contributed by atoms with E-state index in [-0.39, 0.29) is 17.4 Å². The summed E-state index contributed by atoms with van der Waals surface area (Å²) in [7, 11) is 0. The van der Waals surface area contributed by atoms with E-state index in [1.807, 2.05) is 32.0 Å². The Kier molecular flexibility index (Phi) is 6.49. The molecule has 1 fully saturated rings. The smallest absolute Gasteiger partial charge is 0.254 e. The van der Waals surface area contributed by atoms with E-state index in [1.54, 1.807) is 6.92 Å². The van der Waals surface area contributed by atoms with Gasteiger partial charge in [-0.25, -0.2) is 4.98 Å². The lowest BCUT2D eigenvalue weighted by Gasteiger charge is -2.21. The van der Waals surface area contributed by atoms with Crippen molar-refractivity contribution < 1.29 is 9.53 Å². The van der Waals surface area contributed by atoms with Crippen LogP contribution in [0, 0.1) is 19.8 Å². The monoisotopic (exact) mass is 383 g/mol. The van der Waals surface area contributed by atoms with Crippen LogP contribution in [0.3, 0.4) is 0 Å². The van der Waals surface area contributed by atoms with Crippen molar-refractivity contribution in [2.45, 2.75) is 59.3 Å². The highest BCUT2D eigenvalue weighted by Gasteiger charge is 2.21. The molecule has 0 saturated heterocycles. The van der Waals surface area contributed by atoms with E-state index in [0.29, 0.717) is 40.7 Å². The first kappa shape index (κ1) is 20.1. The second kappa shape index (κ2) is 9.04. The molecular weight excluding hydrogens is 354 g/mol. The molecule has 1 amide bonds. The summed E-state index contributed by atoms with van der Waals surface area (Å²) >= 11 is 0. The summed E-state index contributed by atoms with van der Waals surface area (Å²) in [6, 6.07) is 5.50. The maximum absolute atomic E-state index is 12.6. The zero-order valence-corrected chi connectivity index (χ0v) is 16.9. The Morgan fingerprint density at radius 3 is 2.68 bits per heavy atom. The number of nitrogens with one attached hydrogen (secondary N) is 2. The van der Waals surface area contributed by atoms with Gasteiger partial charge in [-0.2, -0.15) is 0 Å². The number of aromatic nitrogens is 2. The molecular formula is C22H29N3O3. The zero-order chi connectivity index (χ0) is 20.1. The summed E-state index contributed by atoms with van der Waals surface area (Å²) in [6.45, 7) is 6.17. The van der Waals surface area contributed by atoms with Crippen molar-refractivity contribution in [1.29, 1.82) is 0 Å². The van der Waals surface area contributed by atoms with E-state index < -0.39 is 0 Å². The molecule has 2 N–H and O–H groups in total. The van der Waals surface area contributed by atoms with Crippen LogP contribution in [-0.4, -0.2) is 22.5 Å². The predicted octanol–water partition coefficient (Wildman–Crippen LogP) is 4.36. The molecule has 0 bridgehead atoms. The fourth-order valence-corrected chi connectivity index (χ4v) is 3.51. The Bertz CT molecular complexity index is 898. The minimum atomic E-state index is -0.166. The van der Waals surface area contributed by atoms with Crippen molar-refractivity contribution in [3.8, 4) is 17.1 Å². The number of carbonyl (C=O) groups excluding carboxylic acids is 1. The maximum atomic E-state index is 12.6. The Balaban J connectivity index is 1.93. The second-order valence-corrected chi connectivity index (χ2v) is 7.51. The molecule has 1 aliphatic rings. The lowest BCUT2D eigenvalue weighted by atomic mass is 9.88. The number of hydrogen-bond acceptors (Lipinski definition) is 4. The van der Waals surface area contributed by atoms with E-state index in [4.69, 9.17) is 4.74 Å². The Labute approximate surface area is 165 Å². The van der Waals surface area contributed by atoms with E-state index in [9.17, 15) is 9.59 Å². The van der Waals surface area contributed by atoms with E-state index in [2.05, 4.69) is 15.3 Å². The number of rotatable bonds is 6. The third kappa shape index (κ3) is 4.61. The molecule has 1 aromatic carbocycles. The topological polar surface area (TPSA) is 84.1 Å². The molecule has 150 valence electrons. The minimum absolute atomic E-state index is 0.0643. The molecule has 1 saturated carbocycles. The highest BCUT2D eigenvalue weighted by atomic mass is 16.5.